The Kier molecular flexibility index (Phi) is 2.95. The van der Waals surface area contributed by atoms with Gasteiger partial charge in [-0.3, -0.25) is 0 Å². The third kappa shape index (κ3) is 1.97. The number of benzene rings is 1. The van der Waals surface area contributed by atoms with Crippen LogP contribution in [0.15, 0.2) is 24.3 Å². The second-order valence-corrected chi connectivity index (χ2v) is 3.32. The summed E-state index contributed by atoms with van der Waals surface area (Å²) < 4.78 is 0. The molecule has 1 aromatic carbocycles. The predicted octanol–water partition coefficient (Wildman–Crippen LogP) is 3.55. The lowest BCUT2D eigenvalue weighted by molar-refractivity contribution is 1.01. The highest BCUT2D eigenvalue weighted by Crippen LogP contribution is 2.23. The van der Waals surface area contributed by atoms with Crippen LogP contribution in [0.5, 0.6) is 0 Å². The van der Waals surface area contributed by atoms with Crippen molar-refractivity contribution in [2.24, 2.45) is 0 Å². The monoisotopic (exact) mass is 168 g/mol. The molecule has 0 nitrogen and oxygen atoms in total. The molecule has 60 valence electrons. The molecule has 0 aromatic heterocycles. The summed E-state index contributed by atoms with van der Waals surface area (Å²) in [6, 6.07) is 8.32. The van der Waals surface area contributed by atoms with Crippen LogP contribution in [0.1, 0.15) is 30.4 Å². The summed E-state index contributed by atoms with van der Waals surface area (Å²) >= 11 is 5.99. The second-order valence-electron chi connectivity index (χ2n) is 2.67. The Morgan fingerprint density at radius 2 is 2.00 bits per heavy atom. The predicted molar refractivity (Wildman–Crippen MR) is 50.1 cm³/mol. The van der Waals surface area contributed by atoms with Gasteiger partial charge in [0.2, 0.25) is 0 Å². The SMILES string of the molecule is CCc1ccccc1C(C)Cl. The van der Waals surface area contributed by atoms with Crippen LogP contribution in [0.2, 0.25) is 0 Å². The molecule has 0 spiro atoms. The van der Waals surface area contributed by atoms with Crippen LogP contribution in [-0.2, 0) is 6.42 Å². The van der Waals surface area contributed by atoms with Crippen LogP contribution in [-0.4, -0.2) is 0 Å². The highest BCUT2D eigenvalue weighted by molar-refractivity contribution is 6.20. The zero-order valence-electron chi connectivity index (χ0n) is 6.97. The fraction of sp³-hybridized carbons (Fsp3) is 0.400. The van der Waals surface area contributed by atoms with Crippen molar-refractivity contribution < 1.29 is 0 Å². The van der Waals surface area contributed by atoms with Gasteiger partial charge in [0.25, 0.3) is 0 Å². The molecule has 0 aliphatic rings. The molecule has 0 N–H and O–H groups in total. The second kappa shape index (κ2) is 3.77. The van der Waals surface area contributed by atoms with Crippen molar-refractivity contribution in [1.82, 2.24) is 0 Å². The normalized spacial score (nSPS) is 13.0. The molecule has 0 saturated heterocycles. The maximum absolute atomic E-state index is 5.99. The van der Waals surface area contributed by atoms with E-state index in [2.05, 4.69) is 25.1 Å². The lowest BCUT2D eigenvalue weighted by Gasteiger charge is -2.08. The minimum atomic E-state index is 0.131. The van der Waals surface area contributed by atoms with E-state index in [1.807, 2.05) is 13.0 Å². The summed E-state index contributed by atoms with van der Waals surface area (Å²) in [5.74, 6) is 0. The van der Waals surface area contributed by atoms with E-state index < -0.39 is 0 Å². The van der Waals surface area contributed by atoms with E-state index in [0.717, 1.165) is 6.42 Å². The maximum Gasteiger partial charge on any atom is 0.0559 e. The molecule has 0 radical (unpaired) electrons. The third-order valence-corrected chi connectivity index (χ3v) is 2.10. The standard InChI is InChI=1S/C10H13Cl/c1-3-9-6-4-5-7-10(9)8(2)11/h4-8H,3H2,1-2H3. The first-order valence-electron chi connectivity index (χ1n) is 3.97. The van der Waals surface area contributed by atoms with E-state index in [0.29, 0.717) is 0 Å². The number of halogens is 1. The van der Waals surface area contributed by atoms with Crippen molar-refractivity contribution >= 4 is 11.6 Å². The van der Waals surface area contributed by atoms with Crippen molar-refractivity contribution in [2.45, 2.75) is 25.6 Å². The van der Waals surface area contributed by atoms with Gasteiger partial charge in [0.1, 0.15) is 0 Å². The average Bonchev–Trinajstić information content (AvgIpc) is 2.04. The number of alkyl halides is 1. The fourth-order valence-corrected chi connectivity index (χ4v) is 1.46. The first-order chi connectivity index (χ1) is 5.25. The maximum atomic E-state index is 5.99. The lowest BCUT2D eigenvalue weighted by Crippen LogP contribution is -1.91. The highest BCUT2D eigenvalue weighted by Gasteiger charge is 2.04. The molecule has 0 aliphatic heterocycles. The Morgan fingerprint density at radius 1 is 1.36 bits per heavy atom. The van der Waals surface area contributed by atoms with Crippen molar-refractivity contribution in [3.05, 3.63) is 35.4 Å². The first kappa shape index (κ1) is 8.61. The summed E-state index contributed by atoms with van der Waals surface area (Å²) in [5.41, 5.74) is 2.62. The Balaban J connectivity index is 3.02. The van der Waals surface area contributed by atoms with Crippen molar-refractivity contribution in [2.75, 3.05) is 0 Å². The van der Waals surface area contributed by atoms with Gasteiger partial charge in [-0.15, -0.1) is 11.6 Å². The Hall–Kier alpha value is -0.490. The third-order valence-electron chi connectivity index (χ3n) is 1.86. The summed E-state index contributed by atoms with van der Waals surface area (Å²) in [7, 11) is 0. The Morgan fingerprint density at radius 3 is 2.45 bits per heavy atom. The molecule has 0 amide bonds. The molecule has 0 saturated carbocycles. The summed E-state index contributed by atoms with van der Waals surface area (Å²) in [6.45, 7) is 4.16. The van der Waals surface area contributed by atoms with Gasteiger partial charge in [-0.2, -0.15) is 0 Å². The van der Waals surface area contributed by atoms with E-state index in [-0.39, 0.29) is 5.38 Å². The molecule has 1 rings (SSSR count). The smallest absolute Gasteiger partial charge is 0.0559 e. The minimum absolute atomic E-state index is 0.131. The summed E-state index contributed by atoms with van der Waals surface area (Å²) in [5, 5.41) is 0.131. The van der Waals surface area contributed by atoms with Crippen LogP contribution in [0.3, 0.4) is 0 Å². The number of hydrogen-bond acceptors (Lipinski definition) is 0. The van der Waals surface area contributed by atoms with Crippen LogP contribution in [0, 0.1) is 0 Å². The molecular weight excluding hydrogens is 156 g/mol. The Bertz CT molecular complexity index is 228. The highest BCUT2D eigenvalue weighted by atomic mass is 35.5. The molecule has 0 aliphatic carbocycles. The van der Waals surface area contributed by atoms with Gasteiger partial charge in [0.15, 0.2) is 0 Å². The zero-order chi connectivity index (χ0) is 8.27. The van der Waals surface area contributed by atoms with Gasteiger partial charge in [0.05, 0.1) is 5.38 Å². The molecule has 1 heteroatoms. The topological polar surface area (TPSA) is 0 Å². The largest absolute Gasteiger partial charge is 0.118 e. The van der Waals surface area contributed by atoms with E-state index in [1.54, 1.807) is 0 Å². The lowest BCUT2D eigenvalue weighted by atomic mass is 10.0. The van der Waals surface area contributed by atoms with Crippen LogP contribution in [0.25, 0.3) is 0 Å². The summed E-state index contributed by atoms with van der Waals surface area (Å²) in [4.78, 5) is 0. The quantitative estimate of drug-likeness (QED) is 0.593. The molecular formula is C10H13Cl. The van der Waals surface area contributed by atoms with Gasteiger partial charge in [-0.05, 0) is 24.5 Å². The van der Waals surface area contributed by atoms with Crippen LogP contribution < -0.4 is 0 Å². The van der Waals surface area contributed by atoms with Gasteiger partial charge < -0.3 is 0 Å². The first-order valence-corrected chi connectivity index (χ1v) is 4.41. The van der Waals surface area contributed by atoms with E-state index >= 15 is 0 Å². The minimum Gasteiger partial charge on any atom is -0.118 e. The van der Waals surface area contributed by atoms with Crippen molar-refractivity contribution in [3.63, 3.8) is 0 Å². The number of aryl methyl sites for hydroxylation is 1. The molecule has 0 bridgehead atoms. The van der Waals surface area contributed by atoms with E-state index in [9.17, 15) is 0 Å². The number of hydrogen-bond donors (Lipinski definition) is 0. The molecule has 11 heavy (non-hydrogen) atoms. The van der Waals surface area contributed by atoms with Gasteiger partial charge in [0, 0.05) is 0 Å². The van der Waals surface area contributed by atoms with Gasteiger partial charge in [-0.1, -0.05) is 31.2 Å². The summed E-state index contributed by atoms with van der Waals surface area (Å²) in [6.07, 6.45) is 1.06. The van der Waals surface area contributed by atoms with Gasteiger partial charge >= 0.3 is 0 Å². The molecule has 1 atom stereocenters. The van der Waals surface area contributed by atoms with E-state index in [4.69, 9.17) is 11.6 Å². The molecule has 0 heterocycles. The van der Waals surface area contributed by atoms with Crippen molar-refractivity contribution in [3.8, 4) is 0 Å². The zero-order valence-corrected chi connectivity index (χ0v) is 7.73. The molecule has 0 fully saturated rings. The average molecular weight is 169 g/mol. The van der Waals surface area contributed by atoms with Gasteiger partial charge in [-0.25, -0.2) is 0 Å². The molecule has 1 aromatic rings. The van der Waals surface area contributed by atoms with Crippen molar-refractivity contribution in [1.29, 1.82) is 0 Å². The number of rotatable bonds is 2. The van der Waals surface area contributed by atoms with E-state index in [1.165, 1.54) is 11.1 Å². The van der Waals surface area contributed by atoms with Crippen LogP contribution in [0.4, 0.5) is 0 Å². The molecule has 1 unspecified atom stereocenters. The fourth-order valence-electron chi connectivity index (χ4n) is 1.24. The van der Waals surface area contributed by atoms with Crippen LogP contribution >= 0.6 is 11.6 Å². The Labute approximate surface area is 73.2 Å².